The molecule has 3 aromatic rings. The second kappa shape index (κ2) is 4.70. The summed E-state index contributed by atoms with van der Waals surface area (Å²) in [5.41, 5.74) is 1.31. The molecule has 4 rings (SSSR count). The minimum atomic E-state index is -0.456. The van der Waals surface area contributed by atoms with Gasteiger partial charge in [-0.05, 0) is 17.7 Å². The molecule has 0 saturated carbocycles. The van der Waals surface area contributed by atoms with Gasteiger partial charge in [-0.15, -0.1) is 9.89 Å². The minimum absolute atomic E-state index is 0.290. The van der Waals surface area contributed by atoms with Gasteiger partial charge in [0.1, 0.15) is 0 Å². The summed E-state index contributed by atoms with van der Waals surface area (Å²) in [5.74, 6) is 0. The molecule has 0 aliphatic carbocycles. The van der Waals surface area contributed by atoms with E-state index in [2.05, 4.69) is 5.10 Å². The van der Waals surface area contributed by atoms with Gasteiger partial charge >= 0.3 is 11.4 Å². The number of benzene rings is 2. The number of fused-ring (bicyclic) bond motifs is 1. The van der Waals surface area contributed by atoms with Crippen LogP contribution in [0.15, 0.2) is 75.4 Å². The number of para-hydroxylation sites is 1. The van der Waals surface area contributed by atoms with Crippen molar-refractivity contribution in [3.8, 4) is 5.69 Å². The fraction of sp³-hybridized carbons (Fsp3) is 0.0625. The molecular formula is C16H12N4O2. The first-order chi connectivity index (χ1) is 10.8. The molecule has 1 aliphatic heterocycles. The molecule has 0 spiro atoms. The molecule has 108 valence electrons. The van der Waals surface area contributed by atoms with Gasteiger partial charge in [-0.25, -0.2) is 18.8 Å². The quantitative estimate of drug-likeness (QED) is 0.709. The molecule has 2 heterocycles. The van der Waals surface area contributed by atoms with Gasteiger partial charge in [0.25, 0.3) is 0 Å². The molecule has 0 N–H and O–H groups in total. The van der Waals surface area contributed by atoms with Gasteiger partial charge in [0.2, 0.25) is 0 Å². The molecule has 0 unspecified atom stereocenters. The first-order valence-electron chi connectivity index (χ1n) is 6.89. The van der Waals surface area contributed by atoms with Crippen LogP contribution in [0, 0.1) is 0 Å². The van der Waals surface area contributed by atoms with Crippen molar-refractivity contribution in [2.24, 2.45) is 5.10 Å². The van der Waals surface area contributed by atoms with E-state index < -0.39 is 5.69 Å². The summed E-state index contributed by atoms with van der Waals surface area (Å²) in [7, 11) is 0. The van der Waals surface area contributed by atoms with Gasteiger partial charge in [0, 0.05) is 0 Å². The smallest absolute Gasteiger partial charge is 0.245 e. The van der Waals surface area contributed by atoms with Crippen molar-refractivity contribution < 1.29 is 0 Å². The van der Waals surface area contributed by atoms with Crippen LogP contribution in [0.3, 0.4) is 0 Å². The molecule has 2 aromatic carbocycles. The standard InChI is InChI=1S/C16H12N4O2/c21-15-18-11-14(12-7-3-1-4-8-12)17-20(18)16(22)19(15)13-9-5-2-6-10-13/h1-10H,11H2. The summed E-state index contributed by atoms with van der Waals surface area (Å²) in [5, 5.41) is 4.29. The molecule has 0 saturated heterocycles. The van der Waals surface area contributed by atoms with Crippen molar-refractivity contribution in [2.75, 3.05) is 0 Å². The van der Waals surface area contributed by atoms with E-state index in [4.69, 9.17) is 0 Å². The summed E-state index contributed by atoms with van der Waals surface area (Å²) in [6.45, 7) is 0.290. The van der Waals surface area contributed by atoms with E-state index >= 15 is 0 Å². The SMILES string of the molecule is O=c1n(-c2ccccc2)c(=O)n2n1CC(c1ccccc1)=N2. The van der Waals surface area contributed by atoms with Crippen LogP contribution in [0.5, 0.6) is 0 Å². The van der Waals surface area contributed by atoms with Crippen LogP contribution in [0.4, 0.5) is 0 Å². The molecule has 1 aromatic heterocycles. The molecule has 22 heavy (non-hydrogen) atoms. The molecule has 6 nitrogen and oxygen atoms in total. The maximum atomic E-state index is 12.5. The van der Waals surface area contributed by atoms with E-state index in [1.165, 1.54) is 4.68 Å². The van der Waals surface area contributed by atoms with Crippen LogP contribution >= 0.6 is 0 Å². The number of aromatic nitrogens is 3. The average molecular weight is 292 g/mol. The number of nitrogens with zero attached hydrogens (tertiary/aromatic N) is 4. The predicted molar refractivity (Wildman–Crippen MR) is 82.7 cm³/mol. The highest BCUT2D eigenvalue weighted by Gasteiger charge is 2.23. The lowest BCUT2D eigenvalue weighted by Gasteiger charge is -2.00. The zero-order valence-electron chi connectivity index (χ0n) is 11.6. The summed E-state index contributed by atoms with van der Waals surface area (Å²) >= 11 is 0. The Morgan fingerprint density at radius 1 is 0.818 bits per heavy atom. The first-order valence-corrected chi connectivity index (χ1v) is 6.89. The van der Waals surface area contributed by atoms with Crippen LogP contribution in [0.1, 0.15) is 5.56 Å². The Kier molecular flexibility index (Phi) is 2.69. The Morgan fingerprint density at radius 3 is 2.09 bits per heavy atom. The Morgan fingerprint density at radius 2 is 1.45 bits per heavy atom. The van der Waals surface area contributed by atoms with E-state index in [9.17, 15) is 9.59 Å². The van der Waals surface area contributed by atoms with Crippen LogP contribution in [0.2, 0.25) is 0 Å². The minimum Gasteiger partial charge on any atom is -0.245 e. The molecule has 0 fully saturated rings. The maximum absolute atomic E-state index is 12.5. The Bertz CT molecular complexity index is 978. The molecule has 0 atom stereocenters. The summed E-state index contributed by atoms with van der Waals surface area (Å²) < 4.78 is 2.48. The molecule has 0 bridgehead atoms. The fourth-order valence-electron chi connectivity index (χ4n) is 2.57. The number of rotatable bonds is 2. The molecule has 0 amide bonds. The molecular weight excluding hydrogens is 280 g/mol. The predicted octanol–water partition coefficient (Wildman–Crippen LogP) is 1.07. The Balaban J connectivity index is 1.86. The lowest BCUT2D eigenvalue weighted by molar-refractivity contribution is 0.572. The Hall–Kier alpha value is -3.15. The van der Waals surface area contributed by atoms with E-state index in [0.717, 1.165) is 14.9 Å². The average Bonchev–Trinajstić information content (AvgIpc) is 3.10. The van der Waals surface area contributed by atoms with Crippen molar-refractivity contribution in [3.05, 3.63) is 87.2 Å². The van der Waals surface area contributed by atoms with Crippen LogP contribution in [0.25, 0.3) is 5.69 Å². The molecule has 1 aliphatic rings. The molecule has 0 radical (unpaired) electrons. The summed E-state index contributed by atoms with van der Waals surface area (Å²) in [4.78, 5) is 26.1. The lowest BCUT2D eigenvalue weighted by atomic mass is 10.1. The van der Waals surface area contributed by atoms with Crippen molar-refractivity contribution in [1.29, 1.82) is 0 Å². The second-order valence-corrected chi connectivity index (χ2v) is 5.00. The summed E-state index contributed by atoms with van der Waals surface area (Å²) in [6, 6.07) is 18.4. The number of hydrogen-bond donors (Lipinski definition) is 0. The highest BCUT2D eigenvalue weighted by molar-refractivity contribution is 6.00. The highest BCUT2D eigenvalue weighted by atomic mass is 16.2. The third-order valence-electron chi connectivity index (χ3n) is 3.64. The summed E-state index contributed by atoms with van der Waals surface area (Å²) in [6.07, 6.45) is 0. The fourth-order valence-corrected chi connectivity index (χ4v) is 2.57. The topological polar surface area (TPSA) is 61.3 Å². The highest BCUT2D eigenvalue weighted by Crippen LogP contribution is 2.09. The van der Waals surface area contributed by atoms with Crippen LogP contribution in [-0.2, 0) is 6.54 Å². The third-order valence-corrected chi connectivity index (χ3v) is 3.64. The van der Waals surface area contributed by atoms with Crippen molar-refractivity contribution in [3.63, 3.8) is 0 Å². The molecule has 6 heteroatoms. The van der Waals surface area contributed by atoms with Gasteiger partial charge in [0.05, 0.1) is 17.9 Å². The normalized spacial score (nSPS) is 13.0. The lowest BCUT2D eigenvalue weighted by Crippen LogP contribution is -2.28. The van der Waals surface area contributed by atoms with Gasteiger partial charge in [-0.2, -0.15) is 0 Å². The zero-order chi connectivity index (χ0) is 15.1. The first kappa shape index (κ1) is 12.6. The van der Waals surface area contributed by atoms with E-state index in [0.29, 0.717) is 11.4 Å². The van der Waals surface area contributed by atoms with E-state index in [1.54, 1.807) is 24.3 Å². The van der Waals surface area contributed by atoms with Crippen molar-refractivity contribution in [1.82, 2.24) is 14.0 Å². The van der Waals surface area contributed by atoms with E-state index in [1.807, 2.05) is 36.4 Å². The zero-order valence-corrected chi connectivity index (χ0v) is 11.6. The second-order valence-electron chi connectivity index (χ2n) is 5.00. The van der Waals surface area contributed by atoms with Gasteiger partial charge < -0.3 is 0 Å². The van der Waals surface area contributed by atoms with Crippen LogP contribution < -0.4 is 11.4 Å². The third kappa shape index (κ3) is 1.77. The largest absolute Gasteiger partial charge is 0.373 e. The van der Waals surface area contributed by atoms with E-state index in [-0.39, 0.29) is 12.2 Å². The van der Waals surface area contributed by atoms with Gasteiger partial charge in [0.15, 0.2) is 0 Å². The van der Waals surface area contributed by atoms with Crippen LogP contribution in [-0.4, -0.2) is 19.8 Å². The van der Waals surface area contributed by atoms with Gasteiger partial charge in [-0.3, -0.25) is 0 Å². The Labute approximate surface area is 125 Å². The monoisotopic (exact) mass is 292 g/mol. The number of hydrogen-bond acceptors (Lipinski definition) is 3. The van der Waals surface area contributed by atoms with Gasteiger partial charge in [-0.1, -0.05) is 48.5 Å². The van der Waals surface area contributed by atoms with Crippen molar-refractivity contribution in [2.45, 2.75) is 6.54 Å². The van der Waals surface area contributed by atoms with Crippen molar-refractivity contribution >= 4 is 5.71 Å². The maximum Gasteiger partial charge on any atom is 0.373 e.